The second kappa shape index (κ2) is 11.7. The number of hydrogen-bond acceptors (Lipinski definition) is 9. The average Bonchev–Trinajstić information content (AvgIpc) is 3.53. The Labute approximate surface area is 257 Å². The van der Waals surface area contributed by atoms with E-state index < -0.39 is 0 Å². The van der Waals surface area contributed by atoms with Gasteiger partial charge in [-0.15, -0.1) is 0 Å². The lowest BCUT2D eigenvalue weighted by molar-refractivity contribution is -0.118. The summed E-state index contributed by atoms with van der Waals surface area (Å²) in [6.07, 6.45) is 7.95. The van der Waals surface area contributed by atoms with E-state index in [0.29, 0.717) is 42.2 Å². The summed E-state index contributed by atoms with van der Waals surface area (Å²) < 4.78 is 16.4. The molecule has 1 aliphatic heterocycles. The summed E-state index contributed by atoms with van der Waals surface area (Å²) in [6.45, 7) is 4.56. The Morgan fingerprint density at radius 3 is 2.57 bits per heavy atom. The number of amides is 1. The van der Waals surface area contributed by atoms with E-state index in [1.807, 2.05) is 49.5 Å². The average molecular weight is 595 g/mol. The predicted molar refractivity (Wildman–Crippen MR) is 169 cm³/mol. The normalized spacial score (nSPS) is 22.7. The Morgan fingerprint density at radius 1 is 1.02 bits per heavy atom. The minimum absolute atomic E-state index is 0.0750. The molecule has 44 heavy (non-hydrogen) atoms. The molecule has 1 amide bonds. The molecule has 4 heterocycles. The fourth-order valence-electron chi connectivity index (χ4n) is 7.02. The van der Waals surface area contributed by atoms with E-state index in [0.717, 1.165) is 70.6 Å². The van der Waals surface area contributed by atoms with E-state index in [1.54, 1.807) is 33.7 Å². The Balaban J connectivity index is 1.11. The Hall–Kier alpha value is -4.28. The van der Waals surface area contributed by atoms with E-state index in [1.165, 1.54) is 0 Å². The first-order chi connectivity index (χ1) is 21.4. The number of fused-ring (bicyclic) bond motifs is 2. The molecule has 0 bridgehead atoms. The number of benzene rings is 1. The van der Waals surface area contributed by atoms with E-state index in [2.05, 4.69) is 25.5 Å². The molecule has 10 heteroatoms. The maximum Gasteiger partial charge on any atom is 0.229 e. The number of rotatable bonds is 10. The summed E-state index contributed by atoms with van der Waals surface area (Å²) in [5.74, 6) is 3.79. The van der Waals surface area contributed by atoms with Crippen LogP contribution in [-0.2, 0) is 16.1 Å². The van der Waals surface area contributed by atoms with Gasteiger partial charge in [0.2, 0.25) is 5.91 Å². The summed E-state index contributed by atoms with van der Waals surface area (Å²) in [7, 11) is 5.06. The molecule has 0 spiro atoms. The number of pyridine rings is 3. The number of carbonyl (C=O) groups excluding carboxylic acids is 1. The van der Waals surface area contributed by atoms with Crippen LogP contribution in [0.4, 0.5) is 11.6 Å². The van der Waals surface area contributed by atoms with Crippen molar-refractivity contribution in [3.05, 3.63) is 66.1 Å². The highest BCUT2D eigenvalue weighted by Crippen LogP contribution is 2.59. The summed E-state index contributed by atoms with van der Waals surface area (Å²) in [5, 5.41) is 8.40. The second-order valence-electron chi connectivity index (χ2n) is 12.1. The van der Waals surface area contributed by atoms with Gasteiger partial charge in [-0.2, -0.15) is 0 Å². The third kappa shape index (κ3) is 5.33. The van der Waals surface area contributed by atoms with Crippen LogP contribution in [0.5, 0.6) is 11.5 Å². The molecular formula is C34H38N6O4. The molecule has 228 valence electrons. The van der Waals surface area contributed by atoms with Gasteiger partial charge in [-0.3, -0.25) is 14.7 Å². The van der Waals surface area contributed by atoms with Crippen LogP contribution in [0.15, 0.2) is 55.0 Å². The van der Waals surface area contributed by atoms with Crippen LogP contribution in [0.25, 0.3) is 22.0 Å². The highest BCUT2D eigenvalue weighted by molar-refractivity contribution is 5.99. The van der Waals surface area contributed by atoms with Crippen LogP contribution in [0, 0.1) is 24.7 Å². The van der Waals surface area contributed by atoms with Crippen molar-refractivity contribution in [2.45, 2.75) is 38.5 Å². The third-order valence-electron chi connectivity index (χ3n) is 9.67. The van der Waals surface area contributed by atoms with Crippen molar-refractivity contribution < 1.29 is 19.0 Å². The van der Waals surface area contributed by atoms with E-state index in [9.17, 15) is 4.79 Å². The molecular weight excluding hydrogens is 556 g/mol. The van der Waals surface area contributed by atoms with E-state index in [4.69, 9.17) is 19.2 Å². The van der Waals surface area contributed by atoms with E-state index in [-0.39, 0.29) is 11.8 Å². The predicted octanol–water partition coefficient (Wildman–Crippen LogP) is 4.92. The lowest BCUT2D eigenvalue weighted by Gasteiger charge is -2.43. The Bertz CT molecular complexity index is 1700. The van der Waals surface area contributed by atoms with Crippen LogP contribution in [-0.4, -0.2) is 72.3 Å². The smallest absolute Gasteiger partial charge is 0.229 e. The van der Waals surface area contributed by atoms with Crippen molar-refractivity contribution in [3.63, 3.8) is 0 Å². The highest BCUT2D eigenvalue weighted by Gasteiger charge is 2.60. The van der Waals surface area contributed by atoms with Crippen molar-refractivity contribution in [1.82, 2.24) is 19.9 Å². The number of aromatic nitrogens is 3. The van der Waals surface area contributed by atoms with Crippen molar-refractivity contribution >= 4 is 28.3 Å². The van der Waals surface area contributed by atoms with Crippen LogP contribution in [0.2, 0.25) is 0 Å². The van der Waals surface area contributed by atoms with Crippen molar-refractivity contribution in [2.75, 3.05) is 45.1 Å². The minimum Gasteiger partial charge on any atom is -0.497 e. The van der Waals surface area contributed by atoms with Crippen LogP contribution in [0.1, 0.15) is 24.0 Å². The van der Waals surface area contributed by atoms with Crippen molar-refractivity contribution in [1.29, 1.82) is 0 Å². The number of methoxy groups -OCH3 is 3. The molecule has 4 atom stereocenters. The van der Waals surface area contributed by atoms with Gasteiger partial charge in [-0.05, 0) is 72.9 Å². The van der Waals surface area contributed by atoms with Gasteiger partial charge in [-0.1, -0.05) is 0 Å². The minimum atomic E-state index is 0.0750. The molecule has 7 rings (SSSR count). The first-order valence-electron chi connectivity index (χ1n) is 15.2. The fourth-order valence-corrected chi connectivity index (χ4v) is 7.02. The quantitative estimate of drug-likeness (QED) is 0.264. The first-order valence-corrected chi connectivity index (χ1v) is 15.2. The summed E-state index contributed by atoms with van der Waals surface area (Å²) >= 11 is 0. The summed E-state index contributed by atoms with van der Waals surface area (Å²) in [4.78, 5) is 29.8. The molecule has 1 saturated heterocycles. The molecule has 3 aliphatic rings. The fraction of sp³-hybridized carbons (Fsp3) is 0.412. The molecule has 2 N–H and O–H groups in total. The first kappa shape index (κ1) is 28.5. The number of aryl methyl sites for hydroxylation is 1. The van der Waals surface area contributed by atoms with Crippen LogP contribution in [0.3, 0.4) is 0 Å². The third-order valence-corrected chi connectivity index (χ3v) is 9.67. The molecule has 4 aromatic rings. The zero-order valence-electron chi connectivity index (χ0n) is 25.5. The number of likely N-dealkylation sites (tertiary alicyclic amines) is 1. The Morgan fingerprint density at radius 2 is 1.84 bits per heavy atom. The number of nitrogens with zero attached hydrogens (tertiary/aromatic N) is 4. The molecule has 10 nitrogen and oxygen atoms in total. The van der Waals surface area contributed by atoms with Gasteiger partial charge >= 0.3 is 0 Å². The van der Waals surface area contributed by atoms with Gasteiger partial charge in [0.15, 0.2) is 0 Å². The summed E-state index contributed by atoms with van der Waals surface area (Å²) in [5.41, 5.74) is 3.78. The number of anilines is 2. The van der Waals surface area contributed by atoms with E-state index >= 15 is 0 Å². The van der Waals surface area contributed by atoms with Crippen molar-refractivity contribution in [3.8, 4) is 22.8 Å². The number of ether oxygens (including phenoxy) is 3. The lowest BCUT2D eigenvalue weighted by Crippen LogP contribution is -2.55. The Kier molecular flexibility index (Phi) is 7.55. The molecule has 3 fully saturated rings. The molecule has 3 aromatic heterocycles. The summed E-state index contributed by atoms with van der Waals surface area (Å²) in [6, 6.07) is 12.3. The largest absolute Gasteiger partial charge is 0.497 e. The molecule has 2 aliphatic carbocycles. The number of nitrogens with one attached hydrogen (secondary N) is 2. The molecule has 0 radical (unpaired) electrons. The van der Waals surface area contributed by atoms with Crippen LogP contribution < -0.4 is 20.1 Å². The van der Waals surface area contributed by atoms with Gasteiger partial charge in [0.1, 0.15) is 23.1 Å². The number of hydrogen-bond donors (Lipinski definition) is 2. The molecule has 2 saturated carbocycles. The second-order valence-corrected chi connectivity index (χ2v) is 12.1. The number of carbonyl (C=O) groups is 1. The maximum atomic E-state index is 13.3. The van der Waals surface area contributed by atoms with Crippen LogP contribution >= 0.6 is 0 Å². The highest BCUT2D eigenvalue weighted by atomic mass is 16.5. The molecule has 0 unspecified atom stereocenters. The maximum absolute atomic E-state index is 13.3. The van der Waals surface area contributed by atoms with Gasteiger partial charge in [0.25, 0.3) is 0 Å². The zero-order valence-corrected chi connectivity index (χ0v) is 25.5. The topological polar surface area (TPSA) is 111 Å². The van der Waals surface area contributed by atoms with Gasteiger partial charge < -0.3 is 24.8 Å². The standard InChI is InChI=1S/C34H38N6O4/c1-19-7-8-35-15-27(19)29-9-21-10-31(39-34(41)32-25-11-22(12-26(25)32)40-17-24(18-40)43-3)36-16-28(21)33(38-29)37-14-20-5-6-23(42-2)13-30(20)44-4/h5-10,13,15-16,22,24-26,32H,11-12,14,17-18H2,1-4H3,(H,37,38)(H,36,39,41)/t22-,25+,26-,32-. The van der Waals surface area contributed by atoms with Gasteiger partial charge in [0.05, 0.1) is 26.0 Å². The SMILES string of the molecule is COc1ccc(CNc2nc(-c3cnccc3C)cc3cc(NC(=O)[C@H]4[C@@H]5C[C@H](N6CC(OC)C6)C[C@@H]54)ncc23)c(OC)c1. The molecule has 1 aromatic carbocycles. The monoisotopic (exact) mass is 594 g/mol. The van der Waals surface area contributed by atoms with Gasteiger partial charge in [-0.25, -0.2) is 9.97 Å². The van der Waals surface area contributed by atoms with Gasteiger partial charge in [0, 0.05) is 79.9 Å². The lowest BCUT2D eigenvalue weighted by atomic mass is 10.0. The zero-order chi connectivity index (χ0) is 30.4. The van der Waals surface area contributed by atoms with Crippen molar-refractivity contribution in [2.24, 2.45) is 17.8 Å².